The van der Waals surface area contributed by atoms with E-state index in [0.717, 1.165) is 11.8 Å². The van der Waals surface area contributed by atoms with Crippen molar-refractivity contribution in [2.24, 2.45) is 11.8 Å². The maximum Gasteiger partial charge on any atom is -0.00463 e. The van der Waals surface area contributed by atoms with Gasteiger partial charge in [0, 0.05) is 0 Å². The first-order valence-corrected chi connectivity index (χ1v) is 7.36. The average Bonchev–Trinajstić information content (AvgIpc) is 2.83. The molecule has 2 heteroatoms. The minimum Gasteiger partial charge on any atom is -0.317 e. The van der Waals surface area contributed by atoms with Crippen LogP contribution < -0.4 is 10.6 Å². The second kappa shape index (κ2) is 7.29. The smallest absolute Gasteiger partial charge is 0.00463 e. The minimum absolute atomic E-state index is 0.986. The van der Waals surface area contributed by atoms with Gasteiger partial charge in [-0.1, -0.05) is 25.7 Å². The van der Waals surface area contributed by atoms with Gasteiger partial charge in [0.1, 0.15) is 0 Å². The van der Waals surface area contributed by atoms with Gasteiger partial charge < -0.3 is 10.6 Å². The molecule has 1 aliphatic heterocycles. The van der Waals surface area contributed by atoms with Gasteiger partial charge in [0.2, 0.25) is 0 Å². The van der Waals surface area contributed by atoms with Gasteiger partial charge in [0.25, 0.3) is 0 Å². The molecule has 0 aromatic carbocycles. The van der Waals surface area contributed by atoms with Crippen LogP contribution >= 0.6 is 0 Å². The van der Waals surface area contributed by atoms with Crippen LogP contribution in [0.15, 0.2) is 0 Å². The number of nitrogens with one attached hydrogen (secondary N) is 2. The van der Waals surface area contributed by atoms with Crippen LogP contribution in [-0.4, -0.2) is 26.2 Å². The predicted octanol–water partition coefficient (Wildman–Crippen LogP) is 2.55. The Labute approximate surface area is 101 Å². The van der Waals surface area contributed by atoms with Crippen molar-refractivity contribution in [3.63, 3.8) is 0 Å². The number of rotatable bonds is 6. The van der Waals surface area contributed by atoms with Gasteiger partial charge in [0.05, 0.1) is 0 Å². The van der Waals surface area contributed by atoms with E-state index in [1.165, 1.54) is 77.5 Å². The monoisotopic (exact) mass is 224 g/mol. The lowest BCUT2D eigenvalue weighted by molar-refractivity contribution is 0.346. The molecule has 0 radical (unpaired) electrons. The van der Waals surface area contributed by atoms with Crippen LogP contribution in [0.5, 0.6) is 0 Å². The van der Waals surface area contributed by atoms with E-state index in [1.54, 1.807) is 0 Å². The molecule has 0 aromatic heterocycles. The number of piperidine rings is 1. The summed E-state index contributed by atoms with van der Waals surface area (Å²) in [6.07, 6.45) is 11.6. The maximum atomic E-state index is 3.64. The minimum atomic E-state index is 0.986. The van der Waals surface area contributed by atoms with E-state index in [0.29, 0.717) is 0 Å². The van der Waals surface area contributed by atoms with Crippen molar-refractivity contribution in [3.05, 3.63) is 0 Å². The molecule has 2 nitrogen and oxygen atoms in total. The Morgan fingerprint density at radius 2 is 1.38 bits per heavy atom. The zero-order valence-corrected chi connectivity index (χ0v) is 10.6. The SMILES string of the molecule is C1CCC(CCNCCC2CCNCC2)C1. The van der Waals surface area contributed by atoms with Crippen molar-refractivity contribution < 1.29 is 0 Å². The van der Waals surface area contributed by atoms with Gasteiger partial charge in [-0.3, -0.25) is 0 Å². The van der Waals surface area contributed by atoms with E-state index < -0.39 is 0 Å². The average molecular weight is 224 g/mol. The molecule has 16 heavy (non-hydrogen) atoms. The van der Waals surface area contributed by atoms with Crippen LogP contribution in [0.1, 0.15) is 51.4 Å². The Hall–Kier alpha value is -0.0800. The molecule has 94 valence electrons. The molecule has 1 aliphatic carbocycles. The second-order valence-corrected chi connectivity index (χ2v) is 5.67. The highest BCUT2D eigenvalue weighted by atomic mass is 14.9. The van der Waals surface area contributed by atoms with Gasteiger partial charge in [-0.2, -0.15) is 0 Å². The van der Waals surface area contributed by atoms with Crippen molar-refractivity contribution in [1.29, 1.82) is 0 Å². The van der Waals surface area contributed by atoms with Gasteiger partial charge in [0.15, 0.2) is 0 Å². The van der Waals surface area contributed by atoms with Crippen molar-refractivity contribution in [3.8, 4) is 0 Å². The van der Waals surface area contributed by atoms with Gasteiger partial charge in [-0.25, -0.2) is 0 Å². The normalized spacial score (nSPS) is 24.0. The Bertz CT molecular complexity index is 170. The van der Waals surface area contributed by atoms with Crippen molar-refractivity contribution >= 4 is 0 Å². The van der Waals surface area contributed by atoms with Crippen molar-refractivity contribution in [2.75, 3.05) is 26.2 Å². The molecule has 2 aliphatic rings. The summed E-state index contributed by atoms with van der Waals surface area (Å²) >= 11 is 0. The lowest BCUT2D eigenvalue weighted by Gasteiger charge is -2.22. The molecule has 2 N–H and O–H groups in total. The van der Waals surface area contributed by atoms with Gasteiger partial charge in [-0.15, -0.1) is 0 Å². The summed E-state index contributed by atoms with van der Waals surface area (Å²) in [7, 11) is 0. The predicted molar refractivity (Wildman–Crippen MR) is 69.7 cm³/mol. The van der Waals surface area contributed by atoms with E-state index in [9.17, 15) is 0 Å². The van der Waals surface area contributed by atoms with E-state index in [1.807, 2.05) is 0 Å². The fraction of sp³-hybridized carbons (Fsp3) is 1.00. The molecular formula is C14H28N2. The summed E-state index contributed by atoms with van der Waals surface area (Å²) in [5.74, 6) is 2.03. The Kier molecular flexibility index (Phi) is 5.64. The summed E-state index contributed by atoms with van der Waals surface area (Å²) in [6, 6.07) is 0. The van der Waals surface area contributed by atoms with Gasteiger partial charge in [-0.05, 0) is 63.7 Å². The topological polar surface area (TPSA) is 24.1 Å². The van der Waals surface area contributed by atoms with E-state index in [-0.39, 0.29) is 0 Å². The molecule has 0 bridgehead atoms. The van der Waals surface area contributed by atoms with Crippen molar-refractivity contribution in [1.82, 2.24) is 10.6 Å². The third-order valence-electron chi connectivity index (χ3n) is 4.39. The Balaban J connectivity index is 1.42. The Morgan fingerprint density at radius 3 is 2.00 bits per heavy atom. The van der Waals surface area contributed by atoms with Crippen LogP contribution in [0.4, 0.5) is 0 Å². The molecule has 0 amide bonds. The van der Waals surface area contributed by atoms with Crippen LogP contribution in [0, 0.1) is 11.8 Å². The largest absolute Gasteiger partial charge is 0.317 e. The van der Waals surface area contributed by atoms with Crippen molar-refractivity contribution in [2.45, 2.75) is 51.4 Å². The third kappa shape index (κ3) is 4.42. The number of hydrogen-bond donors (Lipinski definition) is 2. The Morgan fingerprint density at radius 1 is 0.812 bits per heavy atom. The first-order chi connectivity index (χ1) is 7.95. The molecule has 1 heterocycles. The molecule has 0 atom stereocenters. The fourth-order valence-corrected chi connectivity index (χ4v) is 3.21. The van der Waals surface area contributed by atoms with Crippen LogP contribution in [0.25, 0.3) is 0 Å². The van der Waals surface area contributed by atoms with Crippen LogP contribution in [-0.2, 0) is 0 Å². The molecule has 2 rings (SSSR count). The highest BCUT2D eigenvalue weighted by Crippen LogP contribution is 2.26. The first-order valence-electron chi connectivity index (χ1n) is 7.36. The van der Waals surface area contributed by atoms with E-state index >= 15 is 0 Å². The second-order valence-electron chi connectivity index (χ2n) is 5.67. The standard InChI is InChI=1S/C14H28N2/c1-2-4-13(3-1)5-9-15-10-6-14-7-11-16-12-8-14/h13-16H,1-12H2. The molecule has 0 spiro atoms. The van der Waals surface area contributed by atoms with Crippen LogP contribution in [0.3, 0.4) is 0 Å². The zero-order chi connectivity index (χ0) is 11.1. The van der Waals surface area contributed by atoms with Gasteiger partial charge >= 0.3 is 0 Å². The molecule has 1 saturated carbocycles. The molecule has 2 fully saturated rings. The first kappa shape index (κ1) is 12.4. The summed E-state index contributed by atoms with van der Waals surface area (Å²) in [5, 5.41) is 7.07. The lowest BCUT2D eigenvalue weighted by atomic mass is 9.95. The zero-order valence-electron chi connectivity index (χ0n) is 10.6. The lowest BCUT2D eigenvalue weighted by Crippen LogP contribution is -2.30. The highest BCUT2D eigenvalue weighted by molar-refractivity contribution is 4.71. The fourth-order valence-electron chi connectivity index (χ4n) is 3.21. The summed E-state index contributed by atoms with van der Waals surface area (Å²) < 4.78 is 0. The molecule has 0 unspecified atom stereocenters. The summed E-state index contributed by atoms with van der Waals surface area (Å²) in [6.45, 7) is 4.99. The highest BCUT2D eigenvalue weighted by Gasteiger charge is 2.14. The molecule has 1 saturated heterocycles. The van der Waals surface area contributed by atoms with E-state index in [2.05, 4.69) is 10.6 Å². The maximum absolute atomic E-state index is 3.64. The summed E-state index contributed by atoms with van der Waals surface area (Å²) in [4.78, 5) is 0. The quantitative estimate of drug-likeness (QED) is 0.678. The molecular weight excluding hydrogens is 196 g/mol. The van der Waals surface area contributed by atoms with Crippen LogP contribution in [0.2, 0.25) is 0 Å². The molecule has 0 aromatic rings. The number of hydrogen-bond acceptors (Lipinski definition) is 2. The van der Waals surface area contributed by atoms with E-state index in [4.69, 9.17) is 0 Å². The third-order valence-corrected chi connectivity index (χ3v) is 4.39. The summed E-state index contributed by atoms with van der Waals surface area (Å²) in [5.41, 5.74) is 0.